The van der Waals surface area contributed by atoms with Crippen molar-refractivity contribution in [1.29, 1.82) is 0 Å². The molecule has 0 radical (unpaired) electrons. The average Bonchev–Trinajstić information content (AvgIpc) is 2.80. The molecule has 0 aromatic rings. The van der Waals surface area contributed by atoms with E-state index in [0.29, 0.717) is 6.61 Å². The minimum absolute atomic E-state index is 0.286. The maximum atomic E-state index is 11.3. The number of carbonyl (C=O) groups excluding carboxylic acids is 1. The molecule has 0 amide bonds. The molecule has 0 aromatic carbocycles. The van der Waals surface area contributed by atoms with Crippen molar-refractivity contribution in [3.63, 3.8) is 0 Å². The molecule has 4 atom stereocenters. The average molecular weight is 272 g/mol. The molecule has 0 unspecified atom stereocenters. The van der Waals surface area contributed by atoms with Crippen LogP contribution in [0.1, 0.15) is 20.8 Å². The Bertz CT molecular complexity index is 364. The first-order valence-electron chi connectivity index (χ1n) is 6.35. The quantitative estimate of drug-likeness (QED) is 0.562. The van der Waals surface area contributed by atoms with E-state index in [1.165, 1.54) is 6.08 Å². The van der Waals surface area contributed by atoms with Crippen LogP contribution in [0.4, 0.5) is 0 Å². The number of hydrogen-bond donors (Lipinski definition) is 0. The van der Waals surface area contributed by atoms with Crippen LogP contribution in [-0.4, -0.2) is 50.1 Å². The molecule has 2 aliphatic rings. The summed E-state index contributed by atoms with van der Waals surface area (Å²) in [4.78, 5) is 11.3. The zero-order chi connectivity index (χ0) is 14.0. The Labute approximate surface area is 112 Å². The Kier molecular flexibility index (Phi) is 4.25. The van der Waals surface area contributed by atoms with Crippen LogP contribution < -0.4 is 0 Å². The molecule has 0 aliphatic carbocycles. The summed E-state index contributed by atoms with van der Waals surface area (Å²) in [5.74, 6) is -1.08. The predicted molar refractivity (Wildman–Crippen MR) is 65.3 cm³/mol. The molecule has 19 heavy (non-hydrogen) atoms. The van der Waals surface area contributed by atoms with Crippen LogP contribution in [0.3, 0.4) is 0 Å². The molecule has 6 heteroatoms. The van der Waals surface area contributed by atoms with Gasteiger partial charge in [0, 0.05) is 13.2 Å². The second-order valence-corrected chi connectivity index (χ2v) is 4.88. The van der Waals surface area contributed by atoms with E-state index in [1.807, 2.05) is 13.8 Å². The van der Waals surface area contributed by atoms with Gasteiger partial charge in [0.1, 0.15) is 18.3 Å². The summed E-state index contributed by atoms with van der Waals surface area (Å²) in [7, 11) is 1.55. The number of methoxy groups -OCH3 is 1. The van der Waals surface area contributed by atoms with Crippen LogP contribution in [0.15, 0.2) is 12.2 Å². The third-order valence-electron chi connectivity index (χ3n) is 2.99. The van der Waals surface area contributed by atoms with Crippen LogP contribution in [-0.2, 0) is 28.5 Å². The Morgan fingerprint density at radius 3 is 2.63 bits per heavy atom. The standard InChI is InChI=1S/C13H20O6/c1-5-16-9(14)7-6-8-10-11(12(15-4)17-8)19-13(2,3)18-10/h6-8,10-12H,5H2,1-4H3/b7-6+/t8-,10+,11+,12-/m1/s1. The molecule has 0 bridgehead atoms. The maximum absolute atomic E-state index is 11.3. The van der Waals surface area contributed by atoms with Gasteiger partial charge in [-0.1, -0.05) is 0 Å². The molecule has 2 aliphatic heterocycles. The Morgan fingerprint density at radius 2 is 2.00 bits per heavy atom. The Hall–Kier alpha value is -0.950. The fraction of sp³-hybridized carbons (Fsp3) is 0.769. The highest BCUT2D eigenvalue weighted by Gasteiger charge is 2.54. The lowest BCUT2D eigenvalue weighted by Gasteiger charge is -2.22. The molecule has 0 spiro atoms. The topological polar surface area (TPSA) is 63.2 Å². The zero-order valence-electron chi connectivity index (χ0n) is 11.6. The molecular weight excluding hydrogens is 252 g/mol. The highest BCUT2D eigenvalue weighted by atomic mass is 16.8. The smallest absolute Gasteiger partial charge is 0.330 e. The molecule has 0 N–H and O–H groups in total. The molecule has 2 saturated heterocycles. The minimum atomic E-state index is -0.675. The van der Waals surface area contributed by atoms with E-state index in [2.05, 4.69) is 0 Å². The van der Waals surface area contributed by atoms with Gasteiger partial charge in [0.05, 0.1) is 6.61 Å². The van der Waals surface area contributed by atoms with Crippen molar-refractivity contribution in [2.45, 2.75) is 51.2 Å². The first-order valence-corrected chi connectivity index (χ1v) is 6.35. The van der Waals surface area contributed by atoms with Crippen LogP contribution in [0, 0.1) is 0 Å². The van der Waals surface area contributed by atoms with Crippen LogP contribution in [0.25, 0.3) is 0 Å². The largest absolute Gasteiger partial charge is 0.463 e. The number of rotatable bonds is 4. The van der Waals surface area contributed by atoms with Gasteiger partial charge in [0.2, 0.25) is 0 Å². The van der Waals surface area contributed by atoms with Gasteiger partial charge in [0.25, 0.3) is 0 Å². The first kappa shape index (κ1) is 14.5. The maximum Gasteiger partial charge on any atom is 0.330 e. The van der Waals surface area contributed by atoms with Crippen molar-refractivity contribution in [3.8, 4) is 0 Å². The minimum Gasteiger partial charge on any atom is -0.463 e. The summed E-state index contributed by atoms with van der Waals surface area (Å²) in [6.45, 7) is 5.77. The second-order valence-electron chi connectivity index (χ2n) is 4.88. The summed E-state index contributed by atoms with van der Waals surface area (Å²) in [5, 5.41) is 0. The highest BCUT2D eigenvalue weighted by Crippen LogP contribution is 2.39. The fourth-order valence-corrected chi connectivity index (χ4v) is 2.30. The van der Waals surface area contributed by atoms with Gasteiger partial charge in [0.15, 0.2) is 12.1 Å². The van der Waals surface area contributed by atoms with Gasteiger partial charge >= 0.3 is 5.97 Å². The van der Waals surface area contributed by atoms with Gasteiger partial charge in [-0.25, -0.2) is 4.79 Å². The highest BCUT2D eigenvalue weighted by molar-refractivity contribution is 5.81. The third-order valence-corrected chi connectivity index (χ3v) is 2.99. The molecule has 0 aromatic heterocycles. The third kappa shape index (κ3) is 3.14. The summed E-state index contributed by atoms with van der Waals surface area (Å²) in [6, 6.07) is 0. The lowest BCUT2D eigenvalue weighted by molar-refractivity contribution is -0.221. The van der Waals surface area contributed by atoms with Gasteiger partial charge < -0.3 is 23.7 Å². The van der Waals surface area contributed by atoms with E-state index >= 15 is 0 Å². The van der Waals surface area contributed by atoms with Crippen molar-refractivity contribution in [3.05, 3.63) is 12.2 Å². The van der Waals surface area contributed by atoms with Crippen LogP contribution in [0.2, 0.25) is 0 Å². The fourth-order valence-electron chi connectivity index (χ4n) is 2.30. The van der Waals surface area contributed by atoms with Crippen molar-refractivity contribution in [2.24, 2.45) is 0 Å². The normalized spacial score (nSPS) is 36.6. The number of hydrogen-bond acceptors (Lipinski definition) is 6. The molecule has 6 nitrogen and oxygen atoms in total. The summed E-state index contributed by atoms with van der Waals surface area (Å²) >= 11 is 0. The van der Waals surface area contributed by atoms with E-state index in [9.17, 15) is 4.79 Å². The SMILES string of the molecule is CCOC(=O)/C=C/[C@H]1O[C@@H](OC)[C@H]2OC(C)(C)O[C@H]21. The Balaban J connectivity index is 2.04. The van der Waals surface area contributed by atoms with E-state index < -0.39 is 18.0 Å². The zero-order valence-corrected chi connectivity index (χ0v) is 11.6. The van der Waals surface area contributed by atoms with Crippen molar-refractivity contribution in [2.75, 3.05) is 13.7 Å². The molecule has 2 heterocycles. The lowest BCUT2D eigenvalue weighted by Crippen LogP contribution is -2.30. The van der Waals surface area contributed by atoms with Gasteiger partial charge in [-0.15, -0.1) is 0 Å². The van der Waals surface area contributed by atoms with E-state index in [0.717, 1.165) is 0 Å². The number of fused-ring (bicyclic) bond motifs is 1. The van der Waals surface area contributed by atoms with E-state index in [4.69, 9.17) is 23.7 Å². The van der Waals surface area contributed by atoms with Crippen LogP contribution >= 0.6 is 0 Å². The first-order chi connectivity index (χ1) is 8.96. The molecule has 108 valence electrons. The van der Waals surface area contributed by atoms with Gasteiger partial charge in [-0.2, -0.15) is 0 Å². The van der Waals surface area contributed by atoms with Crippen molar-refractivity contribution in [1.82, 2.24) is 0 Å². The van der Waals surface area contributed by atoms with Crippen molar-refractivity contribution >= 4 is 5.97 Å². The number of esters is 1. The Morgan fingerprint density at radius 1 is 1.32 bits per heavy atom. The number of carbonyl (C=O) groups is 1. The summed E-state index contributed by atoms with van der Waals surface area (Å²) in [5.41, 5.74) is 0. The second kappa shape index (κ2) is 5.58. The van der Waals surface area contributed by atoms with E-state index in [-0.39, 0.29) is 18.3 Å². The summed E-state index contributed by atoms with van der Waals surface area (Å²) < 4.78 is 27.2. The molecule has 0 saturated carbocycles. The van der Waals surface area contributed by atoms with Crippen LogP contribution in [0.5, 0.6) is 0 Å². The van der Waals surface area contributed by atoms with E-state index in [1.54, 1.807) is 20.1 Å². The molecule has 2 fully saturated rings. The molecule has 2 rings (SSSR count). The number of ether oxygens (including phenoxy) is 5. The van der Waals surface area contributed by atoms with Gasteiger partial charge in [-0.3, -0.25) is 0 Å². The molecular formula is C13H20O6. The monoisotopic (exact) mass is 272 g/mol. The van der Waals surface area contributed by atoms with Crippen molar-refractivity contribution < 1.29 is 28.5 Å². The lowest BCUT2D eigenvalue weighted by atomic mass is 10.1. The summed E-state index contributed by atoms with van der Waals surface area (Å²) in [6.07, 6.45) is 1.50. The van der Waals surface area contributed by atoms with Gasteiger partial charge in [-0.05, 0) is 26.8 Å². The predicted octanol–water partition coefficient (Wildman–Crippen LogP) is 0.997.